The van der Waals surface area contributed by atoms with Gasteiger partial charge in [-0.15, -0.1) is 11.3 Å². The van der Waals surface area contributed by atoms with E-state index in [0.29, 0.717) is 11.3 Å². The first-order valence-electron chi connectivity index (χ1n) is 7.21. The van der Waals surface area contributed by atoms with Crippen LogP contribution >= 0.6 is 11.3 Å². The number of rotatable bonds is 7. The van der Waals surface area contributed by atoms with Crippen LogP contribution in [0.4, 0.5) is 0 Å². The Morgan fingerprint density at radius 1 is 1.25 bits per heavy atom. The predicted octanol–water partition coefficient (Wildman–Crippen LogP) is 2.91. The molecule has 2 rings (SSSR count). The number of carboxylic acids is 1. The van der Waals surface area contributed by atoms with E-state index in [4.69, 9.17) is 5.11 Å². The van der Waals surface area contributed by atoms with Crippen molar-refractivity contribution in [2.45, 2.75) is 31.6 Å². The Hall–Kier alpha value is -2.19. The molecule has 0 aliphatic heterocycles. The normalized spacial score (nSPS) is 12.2. The first-order chi connectivity index (χ1) is 11.3. The molecule has 0 saturated heterocycles. The number of hydrazone groups is 1. The summed E-state index contributed by atoms with van der Waals surface area (Å²) in [6.07, 6.45) is 0.0209. The fourth-order valence-corrected chi connectivity index (χ4v) is 3.97. The molecule has 2 N–H and O–H groups in total. The van der Waals surface area contributed by atoms with Gasteiger partial charge in [0.15, 0.2) is 0 Å². The van der Waals surface area contributed by atoms with Crippen molar-refractivity contribution in [1.82, 2.24) is 4.83 Å². The SMILES string of the molecule is Cc1ccc(C)c(S(=O)(=O)N/N=C(\CCC(=O)O)c2cccs2)c1. The second-order valence-electron chi connectivity index (χ2n) is 5.29. The number of nitrogens with zero attached hydrogens (tertiary/aromatic N) is 1. The summed E-state index contributed by atoms with van der Waals surface area (Å²) >= 11 is 1.38. The largest absolute Gasteiger partial charge is 0.481 e. The molecule has 8 heteroatoms. The third kappa shape index (κ3) is 4.65. The number of carbonyl (C=O) groups is 1. The molecule has 0 bridgehead atoms. The van der Waals surface area contributed by atoms with Crippen molar-refractivity contribution in [3.05, 3.63) is 51.7 Å². The Kier molecular flexibility index (Phi) is 5.74. The van der Waals surface area contributed by atoms with Crippen LogP contribution in [-0.2, 0) is 14.8 Å². The minimum Gasteiger partial charge on any atom is -0.481 e. The zero-order chi connectivity index (χ0) is 17.7. The molecule has 0 aliphatic rings. The lowest BCUT2D eigenvalue weighted by Crippen LogP contribution is -2.21. The number of carboxylic acid groups (broad SMARTS) is 1. The molecule has 2 aromatic rings. The fraction of sp³-hybridized carbons (Fsp3) is 0.250. The highest BCUT2D eigenvalue weighted by atomic mass is 32.2. The van der Waals surface area contributed by atoms with E-state index >= 15 is 0 Å². The molecular weight excluding hydrogens is 348 g/mol. The molecule has 0 saturated carbocycles. The molecule has 1 aromatic carbocycles. The zero-order valence-corrected chi connectivity index (χ0v) is 14.9. The van der Waals surface area contributed by atoms with Gasteiger partial charge in [-0.2, -0.15) is 18.4 Å². The minimum atomic E-state index is -3.82. The number of thiophene rings is 1. The van der Waals surface area contributed by atoms with Crippen LogP contribution in [0.15, 0.2) is 45.7 Å². The maximum atomic E-state index is 12.5. The average molecular weight is 366 g/mol. The number of sulfonamides is 1. The summed E-state index contributed by atoms with van der Waals surface area (Å²) < 4.78 is 25.0. The fourth-order valence-electron chi connectivity index (χ4n) is 2.06. The minimum absolute atomic E-state index is 0.123. The van der Waals surface area contributed by atoms with Gasteiger partial charge in [0.05, 0.1) is 21.9 Å². The summed E-state index contributed by atoms with van der Waals surface area (Å²) in [5, 5.41) is 14.6. The molecule has 6 nitrogen and oxygen atoms in total. The van der Waals surface area contributed by atoms with Gasteiger partial charge < -0.3 is 5.11 Å². The Balaban J connectivity index is 2.29. The van der Waals surface area contributed by atoms with E-state index in [1.54, 1.807) is 31.2 Å². The lowest BCUT2D eigenvalue weighted by molar-refractivity contribution is -0.136. The number of benzene rings is 1. The topological polar surface area (TPSA) is 95.8 Å². The van der Waals surface area contributed by atoms with Crippen LogP contribution < -0.4 is 4.83 Å². The highest BCUT2D eigenvalue weighted by Gasteiger charge is 2.17. The van der Waals surface area contributed by atoms with E-state index in [0.717, 1.165) is 10.4 Å². The van der Waals surface area contributed by atoms with Gasteiger partial charge in [0.2, 0.25) is 0 Å². The van der Waals surface area contributed by atoms with E-state index in [1.165, 1.54) is 11.3 Å². The van der Waals surface area contributed by atoms with Gasteiger partial charge in [-0.25, -0.2) is 0 Å². The predicted molar refractivity (Wildman–Crippen MR) is 94.0 cm³/mol. The lowest BCUT2D eigenvalue weighted by Gasteiger charge is -2.09. The average Bonchev–Trinajstić information content (AvgIpc) is 3.03. The van der Waals surface area contributed by atoms with E-state index in [2.05, 4.69) is 9.93 Å². The second-order valence-corrected chi connectivity index (χ2v) is 7.87. The Morgan fingerprint density at radius 3 is 2.62 bits per heavy atom. The smallest absolute Gasteiger partial charge is 0.303 e. The highest BCUT2D eigenvalue weighted by molar-refractivity contribution is 7.89. The highest BCUT2D eigenvalue weighted by Crippen LogP contribution is 2.18. The summed E-state index contributed by atoms with van der Waals surface area (Å²) in [6, 6.07) is 8.72. The van der Waals surface area contributed by atoms with Gasteiger partial charge in [0.25, 0.3) is 10.0 Å². The quantitative estimate of drug-likeness (QED) is 0.582. The molecule has 1 aromatic heterocycles. The van der Waals surface area contributed by atoms with E-state index in [9.17, 15) is 13.2 Å². The summed E-state index contributed by atoms with van der Waals surface area (Å²) in [6.45, 7) is 3.52. The molecule has 0 atom stereocenters. The third-order valence-electron chi connectivity index (χ3n) is 3.32. The summed E-state index contributed by atoms with van der Waals surface area (Å²) in [5.41, 5.74) is 1.85. The maximum absolute atomic E-state index is 12.5. The Labute approximate surface area is 144 Å². The number of nitrogens with one attached hydrogen (secondary N) is 1. The van der Waals surface area contributed by atoms with Crippen molar-refractivity contribution >= 4 is 33.0 Å². The van der Waals surface area contributed by atoms with Crippen molar-refractivity contribution in [3.63, 3.8) is 0 Å². The Morgan fingerprint density at radius 2 is 2.00 bits per heavy atom. The van der Waals surface area contributed by atoms with Gasteiger partial charge in [0.1, 0.15) is 0 Å². The van der Waals surface area contributed by atoms with Gasteiger partial charge in [0, 0.05) is 6.42 Å². The van der Waals surface area contributed by atoms with Crippen molar-refractivity contribution in [2.24, 2.45) is 5.10 Å². The molecule has 0 aliphatic carbocycles. The maximum Gasteiger partial charge on any atom is 0.303 e. The van der Waals surface area contributed by atoms with Crippen LogP contribution in [0.3, 0.4) is 0 Å². The van der Waals surface area contributed by atoms with Gasteiger partial charge >= 0.3 is 5.97 Å². The molecule has 0 amide bonds. The van der Waals surface area contributed by atoms with Crippen LogP contribution in [0.1, 0.15) is 28.8 Å². The van der Waals surface area contributed by atoms with Gasteiger partial charge in [-0.3, -0.25) is 4.79 Å². The van der Waals surface area contributed by atoms with Crippen molar-refractivity contribution in [1.29, 1.82) is 0 Å². The van der Waals surface area contributed by atoms with Gasteiger partial charge in [-0.1, -0.05) is 18.2 Å². The van der Waals surface area contributed by atoms with Crippen LogP contribution in [0.25, 0.3) is 0 Å². The van der Waals surface area contributed by atoms with Crippen molar-refractivity contribution in [3.8, 4) is 0 Å². The standard InChI is InChI=1S/C16H18N2O4S2/c1-11-5-6-12(2)15(10-11)24(21,22)18-17-13(7-8-16(19)20)14-4-3-9-23-14/h3-6,9-10,18H,7-8H2,1-2H3,(H,19,20)/b17-13+. The number of aliphatic carboxylic acids is 1. The van der Waals surface area contributed by atoms with Crippen molar-refractivity contribution in [2.75, 3.05) is 0 Å². The summed E-state index contributed by atoms with van der Waals surface area (Å²) in [5.74, 6) is -0.961. The van der Waals surface area contributed by atoms with Crippen LogP contribution in [0, 0.1) is 13.8 Å². The monoisotopic (exact) mass is 366 g/mol. The molecule has 24 heavy (non-hydrogen) atoms. The molecule has 0 spiro atoms. The number of hydrogen-bond donors (Lipinski definition) is 2. The first-order valence-corrected chi connectivity index (χ1v) is 9.57. The molecule has 128 valence electrons. The van der Waals surface area contributed by atoms with Gasteiger partial charge in [-0.05, 0) is 42.5 Å². The molecule has 0 fully saturated rings. The zero-order valence-electron chi connectivity index (χ0n) is 13.3. The first kappa shape index (κ1) is 18.2. The molecular formula is C16H18N2O4S2. The molecule has 1 heterocycles. The lowest BCUT2D eigenvalue weighted by atomic mass is 10.2. The molecule has 0 radical (unpaired) electrons. The van der Waals surface area contributed by atoms with E-state index in [1.807, 2.05) is 18.4 Å². The van der Waals surface area contributed by atoms with Crippen LogP contribution in [-0.4, -0.2) is 25.2 Å². The van der Waals surface area contributed by atoms with Crippen molar-refractivity contribution < 1.29 is 18.3 Å². The number of hydrogen-bond acceptors (Lipinski definition) is 5. The van der Waals surface area contributed by atoms with E-state index < -0.39 is 16.0 Å². The van der Waals surface area contributed by atoms with Crippen LogP contribution in [0.2, 0.25) is 0 Å². The third-order valence-corrected chi connectivity index (χ3v) is 5.58. The Bertz CT molecular complexity index is 856. The summed E-state index contributed by atoms with van der Waals surface area (Å²) in [7, 11) is -3.82. The van der Waals surface area contributed by atoms with Crippen LogP contribution in [0.5, 0.6) is 0 Å². The summed E-state index contributed by atoms with van der Waals surface area (Å²) in [4.78, 5) is 13.9. The molecule has 0 unspecified atom stereocenters. The second kappa shape index (κ2) is 7.59. The number of aryl methyl sites for hydroxylation is 2. The van der Waals surface area contributed by atoms with E-state index in [-0.39, 0.29) is 17.7 Å².